The maximum Gasteiger partial charge on any atom is 0.238 e. The summed E-state index contributed by atoms with van der Waals surface area (Å²) in [5.41, 5.74) is 0.893. The third kappa shape index (κ3) is 8.26. The van der Waals surface area contributed by atoms with E-state index in [0.717, 1.165) is 30.8 Å². The third-order valence-corrected chi connectivity index (χ3v) is 5.25. The molecule has 1 aromatic heterocycles. The average molecular weight is 535 g/mol. The molecule has 2 rings (SSSR count). The molecule has 0 amide bonds. The quantitative estimate of drug-likeness (QED) is 0.255. The van der Waals surface area contributed by atoms with Gasteiger partial charge in [-0.05, 0) is 31.0 Å². The number of primary sulfonamides is 1. The van der Waals surface area contributed by atoms with Crippen LogP contribution in [0.2, 0.25) is 0 Å². The largest absolute Gasteiger partial charge is 0.355 e. The van der Waals surface area contributed by atoms with E-state index in [0.29, 0.717) is 19.0 Å². The highest BCUT2D eigenvalue weighted by Gasteiger charge is 2.08. The maximum absolute atomic E-state index is 11.3. The standard InChI is InChI=1S/C18H29N7O2S.HI/c1-4-14(3)23-18(20-10-11-25-13-22-24-17(25)5-2)21-12-15-6-8-16(9-7-15)28(19,26)27;/h6-9,13-14H,4-5,10-12H2,1-3H3,(H2,19,26,27)(H2,20,21,23);1H. The maximum atomic E-state index is 11.3. The van der Waals surface area contributed by atoms with Gasteiger partial charge in [0.2, 0.25) is 10.0 Å². The molecule has 1 heterocycles. The summed E-state index contributed by atoms with van der Waals surface area (Å²) in [6, 6.07) is 6.70. The van der Waals surface area contributed by atoms with Crippen molar-refractivity contribution in [2.45, 2.75) is 57.6 Å². The zero-order valence-electron chi connectivity index (χ0n) is 17.0. The van der Waals surface area contributed by atoms with Gasteiger partial charge in [-0.2, -0.15) is 0 Å². The predicted octanol–water partition coefficient (Wildman–Crippen LogP) is 1.64. The van der Waals surface area contributed by atoms with E-state index in [1.54, 1.807) is 18.5 Å². The number of nitrogens with zero attached hydrogens (tertiary/aromatic N) is 4. The van der Waals surface area contributed by atoms with Crippen molar-refractivity contribution in [1.82, 2.24) is 25.4 Å². The van der Waals surface area contributed by atoms with Crippen LogP contribution in [0.3, 0.4) is 0 Å². The molecule has 4 N–H and O–H groups in total. The number of aliphatic imine (C=N–C) groups is 1. The fourth-order valence-corrected chi connectivity index (χ4v) is 2.99. The van der Waals surface area contributed by atoms with Crippen molar-refractivity contribution < 1.29 is 8.42 Å². The highest BCUT2D eigenvalue weighted by molar-refractivity contribution is 14.0. The molecule has 0 saturated carbocycles. The molecule has 9 nitrogen and oxygen atoms in total. The number of guanidine groups is 1. The van der Waals surface area contributed by atoms with Crippen LogP contribution in [0.1, 0.15) is 38.6 Å². The molecule has 11 heteroatoms. The SMILES string of the molecule is CCc1nncn1CCNC(=NCc1ccc(S(N)(=O)=O)cc1)NC(C)CC.I. The molecule has 0 spiro atoms. The summed E-state index contributed by atoms with van der Waals surface area (Å²) in [6.07, 6.45) is 3.53. The van der Waals surface area contributed by atoms with Crippen molar-refractivity contribution in [2.75, 3.05) is 6.54 Å². The Morgan fingerprint density at radius 1 is 1.28 bits per heavy atom. The monoisotopic (exact) mass is 535 g/mol. The van der Waals surface area contributed by atoms with Gasteiger partial charge in [-0.3, -0.25) is 0 Å². The second kappa shape index (κ2) is 12.1. The first-order valence-electron chi connectivity index (χ1n) is 9.36. The van der Waals surface area contributed by atoms with Crippen LogP contribution >= 0.6 is 24.0 Å². The molecule has 0 bridgehead atoms. The van der Waals surface area contributed by atoms with Gasteiger partial charge in [-0.1, -0.05) is 26.0 Å². The summed E-state index contributed by atoms with van der Waals surface area (Å²) >= 11 is 0. The summed E-state index contributed by atoms with van der Waals surface area (Å²) in [4.78, 5) is 4.70. The van der Waals surface area contributed by atoms with Gasteiger partial charge in [0.05, 0.1) is 11.4 Å². The van der Waals surface area contributed by atoms with Crippen molar-refractivity contribution in [3.8, 4) is 0 Å². The minimum atomic E-state index is -3.68. The lowest BCUT2D eigenvalue weighted by Crippen LogP contribution is -2.43. The number of hydrogen-bond acceptors (Lipinski definition) is 5. The molecule has 0 aliphatic carbocycles. The second-order valence-electron chi connectivity index (χ2n) is 6.53. The number of nitrogens with one attached hydrogen (secondary N) is 2. The fraction of sp³-hybridized carbons (Fsp3) is 0.500. The van der Waals surface area contributed by atoms with E-state index in [-0.39, 0.29) is 34.9 Å². The van der Waals surface area contributed by atoms with Gasteiger partial charge in [0.25, 0.3) is 0 Å². The summed E-state index contributed by atoms with van der Waals surface area (Å²) < 4.78 is 24.7. The molecule has 1 unspecified atom stereocenters. The molecule has 2 aromatic rings. The van der Waals surface area contributed by atoms with Crippen molar-refractivity contribution in [3.63, 3.8) is 0 Å². The van der Waals surface area contributed by atoms with Gasteiger partial charge in [0.15, 0.2) is 5.96 Å². The molecular weight excluding hydrogens is 505 g/mol. The lowest BCUT2D eigenvalue weighted by Gasteiger charge is -2.17. The summed E-state index contributed by atoms with van der Waals surface area (Å²) in [5, 5.41) is 19.8. The minimum Gasteiger partial charge on any atom is -0.355 e. The van der Waals surface area contributed by atoms with Crippen molar-refractivity contribution in [3.05, 3.63) is 42.0 Å². The fourth-order valence-electron chi connectivity index (χ4n) is 2.48. The van der Waals surface area contributed by atoms with Crippen molar-refractivity contribution in [1.29, 1.82) is 0 Å². The topological polar surface area (TPSA) is 127 Å². The molecule has 0 aliphatic heterocycles. The van der Waals surface area contributed by atoms with E-state index in [1.807, 2.05) is 11.5 Å². The summed E-state index contributed by atoms with van der Waals surface area (Å²) in [7, 11) is -3.68. The van der Waals surface area contributed by atoms with Crippen LogP contribution in [-0.2, 0) is 29.5 Å². The zero-order valence-corrected chi connectivity index (χ0v) is 20.1. The van der Waals surface area contributed by atoms with Crippen LogP contribution in [0.4, 0.5) is 0 Å². The highest BCUT2D eigenvalue weighted by atomic mass is 127. The number of benzene rings is 1. The van der Waals surface area contributed by atoms with E-state index in [4.69, 9.17) is 5.14 Å². The Morgan fingerprint density at radius 2 is 1.97 bits per heavy atom. The second-order valence-corrected chi connectivity index (χ2v) is 8.09. The van der Waals surface area contributed by atoms with E-state index < -0.39 is 10.0 Å². The average Bonchev–Trinajstić information content (AvgIpc) is 3.13. The smallest absolute Gasteiger partial charge is 0.238 e. The lowest BCUT2D eigenvalue weighted by atomic mass is 10.2. The van der Waals surface area contributed by atoms with Crippen LogP contribution in [0.25, 0.3) is 0 Å². The Hall–Kier alpha value is -1.73. The predicted molar refractivity (Wildman–Crippen MR) is 125 cm³/mol. The van der Waals surface area contributed by atoms with Gasteiger partial charge in [-0.25, -0.2) is 18.5 Å². The Kier molecular flexibility index (Phi) is 10.5. The normalized spacial score (nSPS) is 12.9. The van der Waals surface area contributed by atoms with E-state index in [2.05, 4.69) is 39.7 Å². The number of rotatable bonds is 9. The molecule has 29 heavy (non-hydrogen) atoms. The first-order valence-corrected chi connectivity index (χ1v) is 10.9. The first kappa shape index (κ1) is 25.3. The van der Waals surface area contributed by atoms with E-state index in [9.17, 15) is 8.42 Å². The zero-order chi connectivity index (χ0) is 20.6. The lowest BCUT2D eigenvalue weighted by molar-refractivity contribution is 0.597. The van der Waals surface area contributed by atoms with Crippen LogP contribution in [0.5, 0.6) is 0 Å². The van der Waals surface area contributed by atoms with Crippen molar-refractivity contribution >= 4 is 40.0 Å². The highest BCUT2D eigenvalue weighted by Crippen LogP contribution is 2.09. The number of halogens is 1. The van der Waals surface area contributed by atoms with Crippen LogP contribution in [0.15, 0.2) is 40.5 Å². The molecule has 1 aromatic carbocycles. The summed E-state index contributed by atoms with van der Waals surface area (Å²) in [5.74, 6) is 1.65. The Bertz CT molecular complexity index is 882. The van der Waals surface area contributed by atoms with Gasteiger partial charge < -0.3 is 15.2 Å². The number of nitrogens with two attached hydrogens (primary N) is 1. The Morgan fingerprint density at radius 3 is 2.55 bits per heavy atom. The first-order chi connectivity index (χ1) is 13.3. The van der Waals surface area contributed by atoms with Gasteiger partial charge in [0.1, 0.15) is 12.2 Å². The van der Waals surface area contributed by atoms with Crippen LogP contribution in [-0.4, -0.2) is 41.7 Å². The Balaban J connectivity index is 0.00000420. The number of aryl methyl sites for hydroxylation is 1. The number of hydrogen-bond donors (Lipinski definition) is 3. The van der Waals surface area contributed by atoms with Gasteiger partial charge in [0, 0.05) is 25.6 Å². The molecule has 0 aliphatic rings. The molecular formula is C18H30IN7O2S. The number of aromatic nitrogens is 3. The van der Waals surface area contributed by atoms with Crippen LogP contribution < -0.4 is 15.8 Å². The van der Waals surface area contributed by atoms with Gasteiger partial charge in [-0.15, -0.1) is 34.2 Å². The third-order valence-electron chi connectivity index (χ3n) is 4.32. The Labute approximate surface area is 189 Å². The minimum absolute atomic E-state index is 0. The summed E-state index contributed by atoms with van der Waals surface area (Å²) in [6.45, 7) is 8.08. The molecule has 0 fully saturated rings. The number of sulfonamides is 1. The molecule has 0 radical (unpaired) electrons. The molecule has 0 saturated heterocycles. The van der Waals surface area contributed by atoms with E-state index >= 15 is 0 Å². The van der Waals surface area contributed by atoms with E-state index in [1.165, 1.54) is 12.1 Å². The van der Waals surface area contributed by atoms with Crippen molar-refractivity contribution in [2.24, 2.45) is 10.1 Å². The molecule has 1 atom stereocenters. The van der Waals surface area contributed by atoms with Gasteiger partial charge >= 0.3 is 0 Å². The molecule has 162 valence electrons. The van der Waals surface area contributed by atoms with Crippen LogP contribution in [0, 0.1) is 0 Å².